The molecule has 1 saturated carbocycles. The van der Waals surface area contributed by atoms with Crippen LogP contribution < -0.4 is 11.3 Å². The third-order valence-corrected chi connectivity index (χ3v) is 3.43. The zero-order valence-corrected chi connectivity index (χ0v) is 9.54. The molecule has 4 heteroatoms. The van der Waals surface area contributed by atoms with Gasteiger partial charge in [0.25, 0.3) is 5.56 Å². The van der Waals surface area contributed by atoms with E-state index in [4.69, 9.17) is 5.73 Å². The van der Waals surface area contributed by atoms with Gasteiger partial charge in [0.2, 0.25) is 0 Å². The number of hydrogen-bond donors (Lipinski definition) is 2. The van der Waals surface area contributed by atoms with Crippen molar-refractivity contribution in [2.24, 2.45) is 5.73 Å². The normalized spacial score (nSPS) is 18.3. The van der Waals surface area contributed by atoms with E-state index in [0.717, 1.165) is 18.5 Å². The van der Waals surface area contributed by atoms with Crippen molar-refractivity contribution in [3.63, 3.8) is 0 Å². The highest BCUT2D eigenvalue weighted by molar-refractivity contribution is 5.20. The fraction of sp³-hybridized carbons (Fsp3) is 0.667. The van der Waals surface area contributed by atoms with Crippen LogP contribution in [-0.2, 0) is 6.54 Å². The maximum absolute atomic E-state index is 11.6. The van der Waals surface area contributed by atoms with Crippen LogP contribution >= 0.6 is 0 Å². The maximum Gasteiger partial charge on any atom is 0.255 e. The zero-order valence-electron chi connectivity index (χ0n) is 9.54. The van der Waals surface area contributed by atoms with Gasteiger partial charge < -0.3 is 10.7 Å². The molecule has 1 aromatic heterocycles. The Bertz CT molecular complexity index is 391. The van der Waals surface area contributed by atoms with E-state index in [1.807, 2.05) is 0 Å². The van der Waals surface area contributed by atoms with E-state index >= 15 is 0 Å². The lowest BCUT2D eigenvalue weighted by molar-refractivity contribution is 0.568. The molecular formula is C12H19N3O. The van der Waals surface area contributed by atoms with Crippen molar-refractivity contribution in [3.05, 3.63) is 27.9 Å². The molecule has 0 aromatic carbocycles. The van der Waals surface area contributed by atoms with Crippen LogP contribution in [0.4, 0.5) is 0 Å². The fourth-order valence-electron chi connectivity index (χ4n) is 2.54. The van der Waals surface area contributed by atoms with E-state index in [-0.39, 0.29) is 12.1 Å². The van der Waals surface area contributed by atoms with Gasteiger partial charge in [0.15, 0.2) is 0 Å². The highest BCUT2D eigenvalue weighted by atomic mass is 16.1. The Morgan fingerprint density at radius 3 is 2.62 bits per heavy atom. The molecule has 1 heterocycles. The Balaban J connectivity index is 2.30. The summed E-state index contributed by atoms with van der Waals surface area (Å²) in [4.78, 5) is 18.6. The number of aromatic amines is 1. The minimum atomic E-state index is -0.0725. The van der Waals surface area contributed by atoms with Crippen LogP contribution in [0.3, 0.4) is 0 Å². The van der Waals surface area contributed by atoms with Gasteiger partial charge in [-0.2, -0.15) is 0 Å². The Morgan fingerprint density at radius 2 is 2.00 bits per heavy atom. The first-order chi connectivity index (χ1) is 7.83. The van der Waals surface area contributed by atoms with E-state index < -0.39 is 0 Å². The summed E-state index contributed by atoms with van der Waals surface area (Å²) in [5.74, 6) is 0.434. The maximum atomic E-state index is 11.6. The van der Waals surface area contributed by atoms with Gasteiger partial charge in [-0.25, -0.2) is 4.98 Å². The smallest absolute Gasteiger partial charge is 0.255 e. The standard InChI is InChI=1S/C12H19N3O/c13-7-10-11(14-8-15-12(10)16)9-5-3-1-2-4-6-9/h8-9H,1-7,13H2,(H,14,15,16). The third-order valence-electron chi connectivity index (χ3n) is 3.43. The molecule has 0 amide bonds. The summed E-state index contributed by atoms with van der Waals surface area (Å²) >= 11 is 0. The molecule has 2 rings (SSSR count). The average molecular weight is 221 g/mol. The Hall–Kier alpha value is -1.16. The summed E-state index contributed by atoms with van der Waals surface area (Å²) in [5, 5.41) is 0. The first-order valence-electron chi connectivity index (χ1n) is 6.09. The van der Waals surface area contributed by atoms with Gasteiger partial charge >= 0.3 is 0 Å². The van der Waals surface area contributed by atoms with Crippen molar-refractivity contribution in [1.29, 1.82) is 0 Å². The zero-order chi connectivity index (χ0) is 11.4. The average Bonchev–Trinajstić information content (AvgIpc) is 2.57. The lowest BCUT2D eigenvalue weighted by Gasteiger charge is -2.15. The van der Waals surface area contributed by atoms with Crippen LogP contribution in [0.5, 0.6) is 0 Å². The van der Waals surface area contributed by atoms with Crippen molar-refractivity contribution in [2.75, 3.05) is 0 Å². The molecule has 1 fully saturated rings. The lowest BCUT2D eigenvalue weighted by Crippen LogP contribution is -2.21. The molecule has 1 aliphatic carbocycles. The Kier molecular flexibility index (Phi) is 3.72. The Labute approximate surface area is 95.3 Å². The summed E-state index contributed by atoms with van der Waals surface area (Å²) in [6.07, 6.45) is 8.87. The first kappa shape index (κ1) is 11.3. The second-order valence-electron chi connectivity index (χ2n) is 4.49. The van der Waals surface area contributed by atoms with Gasteiger partial charge in [0.1, 0.15) is 0 Å². The van der Waals surface area contributed by atoms with Crippen LogP contribution in [0, 0.1) is 0 Å². The highest BCUT2D eigenvalue weighted by Gasteiger charge is 2.19. The van der Waals surface area contributed by atoms with Crippen molar-refractivity contribution < 1.29 is 0 Å². The van der Waals surface area contributed by atoms with Crippen LogP contribution in [-0.4, -0.2) is 9.97 Å². The van der Waals surface area contributed by atoms with Gasteiger partial charge in [0, 0.05) is 12.5 Å². The van der Waals surface area contributed by atoms with E-state index in [2.05, 4.69) is 9.97 Å². The monoisotopic (exact) mass is 221 g/mol. The number of H-pyrrole nitrogens is 1. The molecule has 1 aliphatic rings. The SMILES string of the molecule is NCc1c(C2CCCCCC2)nc[nH]c1=O. The van der Waals surface area contributed by atoms with Gasteiger partial charge in [-0.15, -0.1) is 0 Å². The number of nitrogens with two attached hydrogens (primary N) is 1. The van der Waals surface area contributed by atoms with E-state index in [0.29, 0.717) is 11.5 Å². The van der Waals surface area contributed by atoms with Crippen LogP contribution in [0.15, 0.2) is 11.1 Å². The van der Waals surface area contributed by atoms with Gasteiger partial charge in [-0.05, 0) is 12.8 Å². The minimum absolute atomic E-state index is 0.0725. The van der Waals surface area contributed by atoms with E-state index in [1.165, 1.54) is 32.0 Å². The molecule has 88 valence electrons. The molecule has 0 radical (unpaired) electrons. The van der Waals surface area contributed by atoms with Crippen LogP contribution in [0.25, 0.3) is 0 Å². The minimum Gasteiger partial charge on any atom is -0.326 e. The Morgan fingerprint density at radius 1 is 1.31 bits per heavy atom. The summed E-state index contributed by atoms with van der Waals surface area (Å²) in [5.41, 5.74) is 7.18. The van der Waals surface area contributed by atoms with E-state index in [9.17, 15) is 4.79 Å². The molecule has 0 spiro atoms. The summed E-state index contributed by atoms with van der Waals surface area (Å²) < 4.78 is 0. The van der Waals surface area contributed by atoms with Crippen LogP contribution in [0.2, 0.25) is 0 Å². The van der Waals surface area contributed by atoms with E-state index in [1.54, 1.807) is 0 Å². The van der Waals surface area contributed by atoms with Gasteiger partial charge in [0.05, 0.1) is 17.6 Å². The fourth-order valence-corrected chi connectivity index (χ4v) is 2.54. The number of nitrogens with one attached hydrogen (secondary N) is 1. The lowest BCUT2D eigenvalue weighted by atomic mass is 9.93. The molecule has 1 aromatic rings. The highest BCUT2D eigenvalue weighted by Crippen LogP contribution is 2.31. The van der Waals surface area contributed by atoms with Crippen LogP contribution in [0.1, 0.15) is 55.7 Å². The van der Waals surface area contributed by atoms with Crippen molar-refractivity contribution in [3.8, 4) is 0 Å². The quantitative estimate of drug-likeness (QED) is 0.746. The molecule has 4 nitrogen and oxygen atoms in total. The second kappa shape index (κ2) is 5.25. The third kappa shape index (κ3) is 2.32. The number of nitrogens with zero attached hydrogens (tertiary/aromatic N) is 1. The summed E-state index contributed by atoms with van der Waals surface area (Å²) in [7, 11) is 0. The summed E-state index contributed by atoms with van der Waals surface area (Å²) in [6, 6.07) is 0. The molecule has 0 atom stereocenters. The predicted octanol–water partition coefficient (Wildman–Crippen LogP) is 1.67. The largest absolute Gasteiger partial charge is 0.326 e. The van der Waals surface area contributed by atoms with Crippen molar-refractivity contribution >= 4 is 0 Å². The van der Waals surface area contributed by atoms with Crippen molar-refractivity contribution in [2.45, 2.75) is 51.0 Å². The van der Waals surface area contributed by atoms with Gasteiger partial charge in [-0.3, -0.25) is 4.79 Å². The predicted molar refractivity (Wildman–Crippen MR) is 63.2 cm³/mol. The van der Waals surface area contributed by atoms with Gasteiger partial charge in [-0.1, -0.05) is 25.7 Å². The molecule has 0 bridgehead atoms. The topological polar surface area (TPSA) is 71.8 Å². The molecule has 0 aliphatic heterocycles. The molecule has 0 unspecified atom stereocenters. The molecule has 16 heavy (non-hydrogen) atoms. The first-order valence-corrected chi connectivity index (χ1v) is 6.09. The second-order valence-corrected chi connectivity index (χ2v) is 4.49. The number of rotatable bonds is 2. The number of aromatic nitrogens is 2. The molecule has 0 saturated heterocycles. The molecule has 3 N–H and O–H groups in total. The molecular weight excluding hydrogens is 202 g/mol. The van der Waals surface area contributed by atoms with Crippen molar-refractivity contribution in [1.82, 2.24) is 9.97 Å². The summed E-state index contributed by atoms with van der Waals surface area (Å²) in [6.45, 7) is 0.287. The number of hydrogen-bond acceptors (Lipinski definition) is 3.